The molecule has 1 aromatic carbocycles. The third kappa shape index (κ3) is 4.89. The van der Waals surface area contributed by atoms with Gasteiger partial charge in [0, 0.05) is 24.9 Å². The smallest absolute Gasteiger partial charge is 0.261 e. The third-order valence-corrected chi connectivity index (χ3v) is 6.18. The monoisotopic (exact) mass is 411 g/mol. The molecular formula is C21H25N5O2S. The number of likely N-dealkylation sites (tertiary alicyclic amines) is 1. The van der Waals surface area contributed by atoms with E-state index < -0.39 is 0 Å². The molecule has 0 radical (unpaired) electrons. The molecule has 1 fully saturated rings. The molecule has 0 unspecified atom stereocenters. The van der Waals surface area contributed by atoms with Gasteiger partial charge in [0.2, 0.25) is 5.91 Å². The summed E-state index contributed by atoms with van der Waals surface area (Å²) in [5.41, 5.74) is 1.53. The summed E-state index contributed by atoms with van der Waals surface area (Å²) in [6.45, 7) is 5.63. The molecule has 1 amide bonds. The van der Waals surface area contributed by atoms with Crippen molar-refractivity contribution in [3.63, 3.8) is 0 Å². The van der Waals surface area contributed by atoms with Gasteiger partial charge in [0.1, 0.15) is 0 Å². The van der Waals surface area contributed by atoms with Crippen LogP contribution in [0.25, 0.3) is 10.9 Å². The Morgan fingerprint density at radius 3 is 2.90 bits per heavy atom. The van der Waals surface area contributed by atoms with Gasteiger partial charge in [0.15, 0.2) is 5.13 Å². The maximum absolute atomic E-state index is 12.5. The van der Waals surface area contributed by atoms with E-state index in [1.165, 1.54) is 35.1 Å². The first-order chi connectivity index (χ1) is 14.1. The first kappa shape index (κ1) is 19.7. The van der Waals surface area contributed by atoms with E-state index in [-0.39, 0.29) is 24.4 Å². The number of benzene rings is 1. The highest BCUT2D eigenvalue weighted by Gasteiger charge is 2.17. The molecule has 3 heterocycles. The van der Waals surface area contributed by atoms with Crippen molar-refractivity contribution < 1.29 is 4.79 Å². The van der Waals surface area contributed by atoms with Gasteiger partial charge < -0.3 is 5.32 Å². The molecule has 0 atom stereocenters. The van der Waals surface area contributed by atoms with E-state index >= 15 is 0 Å². The maximum atomic E-state index is 12.5. The van der Waals surface area contributed by atoms with Gasteiger partial charge in [0.05, 0.1) is 22.9 Å². The highest BCUT2D eigenvalue weighted by atomic mass is 32.1. The molecule has 1 saturated heterocycles. The largest absolute Gasteiger partial charge is 0.302 e. The average Bonchev–Trinajstić information content (AvgIpc) is 3.16. The Morgan fingerprint density at radius 2 is 2.07 bits per heavy atom. The van der Waals surface area contributed by atoms with Crippen LogP contribution in [0.2, 0.25) is 0 Å². The van der Waals surface area contributed by atoms with Crippen LogP contribution in [0.1, 0.15) is 31.9 Å². The van der Waals surface area contributed by atoms with Crippen LogP contribution in [-0.4, -0.2) is 38.4 Å². The van der Waals surface area contributed by atoms with Crippen molar-refractivity contribution >= 4 is 33.3 Å². The Labute approximate surface area is 173 Å². The average molecular weight is 412 g/mol. The molecule has 1 aliphatic heterocycles. The van der Waals surface area contributed by atoms with E-state index in [2.05, 4.69) is 27.1 Å². The van der Waals surface area contributed by atoms with Gasteiger partial charge in [-0.2, -0.15) is 0 Å². The normalized spacial score (nSPS) is 15.6. The van der Waals surface area contributed by atoms with Gasteiger partial charge in [-0.1, -0.05) is 19.1 Å². The summed E-state index contributed by atoms with van der Waals surface area (Å²) in [6.07, 6.45) is 4.16. The van der Waals surface area contributed by atoms with Crippen molar-refractivity contribution in [2.45, 2.75) is 39.3 Å². The second kappa shape index (κ2) is 8.84. The summed E-state index contributed by atoms with van der Waals surface area (Å²) in [6, 6.07) is 7.22. The Hall–Kier alpha value is -2.58. The second-order valence-corrected chi connectivity index (χ2v) is 8.52. The zero-order valence-electron chi connectivity index (χ0n) is 16.5. The molecule has 1 N–H and O–H groups in total. The van der Waals surface area contributed by atoms with Gasteiger partial charge in [-0.15, -0.1) is 11.3 Å². The Bertz CT molecular complexity index is 1050. The van der Waals surface area contributed by atoms with Crippen LogP contribution in [0.4, 0.5) is 5.13 Å². The molecule has 0 bridgehead atoms. The number of nitrogens with one attached hydrogen (secondary N) is 1. The lowest BCUT2D eigenvalue weighted by Crippen LogP contribution is -2.32. The fourth-order valence-electron chi connectivity index (χ4n) is 3.56. The summed E-state index contributed by atoms with van der Waals surface area (Å²) in [4.78, 5) is 36.0. The van der Waals surface area contributed by atoms with E-state index in [0.29, 0.717) is 16.0 Å². The highest BCUT2D eigenvalue weighted by molar-refractivity contribution is 7.13. The van der Waals surface area contributed by atoms with Gasteiger partial charge in [-0.3, -0.25) is 19.1 Å². The minimum Gasteiger partial charge on any atom is -0.302 e. The van der Waals surface area contributed by atoms with Gasteiger partial charge in [0.25, 0.3) is 5.56 Å². The molecule has 3 aromatic rings. The molecule has 0 saturated carbocycles. The standard InChI is InChI=1S/C21H25N5O2S/c1-15-6-9-25(10-7-15)12-16-13-29-21(23-16)24-19(27)8-11-26-14-22-18-5-3-2-4-17(18)20(26)28/h2-5,13-15H,6-12H2,1H3,(H,23,24,27). The number of carbonyl (C=O) groups is 1. The van der Waals surface area contributed by atoms with E-state index in [4.69, 9.17) is 0 Å². The minimum atomic E-state index is -0.155. The molecule has 8 heteroatoms. The lowest BCUT2D eigenvalue weighted by molar-refractivity contribution is -0.116. The van der Waals surface area contributed by atoms with E-state index in [9.17, 15) is 9.59 Å². The Kier molecular flexibility index (Phi) is 6.01. The second-order valence-electron chi connectivity index (χ2n) is 7.66. The molecule has 152 valence electrons. The lowest BCUT2D eigenvalue weighted by Gasteiger charge is -2.29. The number of aryl methyl sites for hydroxylation is 1. The van der Waals surface area contributed by atoms with Crippen LogP contribution < -0.4 is 10.9 Å². The lowest BCUT2D eigenvalue weighted by atomic mass is 9.99. The SMILES string of the molecule is CC1CCN(Cc2csc(NC(=O)CCn3cnc4ccccc4c3=O)n2)CC1. The van der Waals surface area contributed by atoms with Crippen LogP contribution in [0.15, 0.2) is 40.8 Å². The number of nitrogens with zero attached hydrogens (tertiary/aromatic N) is 4. The van der Waals surface area contributed by atoms with Crippen LogP contribution in [0, 0.1) is 5.92 Å². The van der Waals surface area contributed by atoms with Crippen molar-refractivity contribution in [2.24, 2.45) is 5.92 Å². The summed E-state index contributed by atoms with van der Waals surface area (Å²) in [7, 11) is 0. The number of piperidine rings is 1. The van der Waals surface area contributed by atoms with Gasteiger partial charge >= 0.3 is 0 Å². The van der Waals surface area contributed by atoms with E-state index in [1.54, 1.807) is 12.1 Å². The van der Waals surface area contributed by atoms with Gasteiger partial charge in [-0.05, 0) is 44.0 Å². The van der Waals surface area contributed by atoms with Crippen molar-refractivity contribution in [3.8, 4) is 0 Å². The number of fused-ring (bicyclic) bond motifs is 1. The first-order valence-corrected chi connectivity index (χ1v) is 10.9. The van der Waals surface area contributed by atoms with Crippen molar-refractivity contribution in [3.05, 3.63) is 52.0 Å². The Morgan fingerprint density at radius 1 is 1.28 bits per heavy atom. The molecular weight excluding hydrogens is 386 g/mol. The van der Waals surface area contributed by atoms with Gasteiger partial charge in [-0.25, -0.2) is 9.97 Å². The third-order valence-electron chi connectivity index (χ3n) is 5.37. The summed E-state index contributed by atoms with van der Waals surface area (Å²) in [5, 5.41) is 6.03. The number of rotatable bonds is 6. The van der Waals surface area contributed by atoms with Crippen LogP contribution in [0.5, 0.6) is 0 Å². The van der Waals surface area contributed by atoms with E-state index in [0.717, 1.165) is 31.2 Å². The number of hydrogen-bond donors (Lipinski definition) is 1. The van der Waals surface area contributed by atoms with Crippen molar-refractivity contribution in [1.82, 2.24) is 19.4 Å². The quantitative estimate of drug-likeness (QED) is 0.674. The van der Waals surface area contributed by atoms with Crippen LogP contribution >= 0.6 is 11.3 Å². The fourth-order valence-corrected chi connectivity index (χ4v) is 4.27. The number of hydrogen-bond acceptors (Lipinski definition) is 6. The number of para-hydroxylation sites is 1. The predicted molar refractivity (Wildman–Crippen MR) is 115 cm³/mol. The van der Waals surface area contributed by atoms with Crippen molar-refractivity contribution in [1.29, 1.82) is 0 Å². The number of amides is 1. The van der Waals surface area contributed by atoms with Crippen molar-refractivity contribution in [2.75, 3.05) is 18.4 Å². The fraction of sp³-hybridized carbons (Fsp3) is 0.429. The zero-order chi connectivity index (χ0) is 20.2. The van der Waals surface area contributed by atoms with Crippen LogP contribution in [-0.2, 0) is 17.9 Å². The molecule has 29 heavy (non-hydrogen) atoms. The molecule has 4 rings (SSSR count). The number of aromatic nitrogens is 3. The number of carbonyl (C=O) groups excluding carboxylic acids is 1. The van der Waals surface area contributed by atoms with Crippen LogP contribution in [0.3, 0.4) is 0 Å². The molecule has 1 aliphatic rings. The summed E-state index contributed by atoms with van der Waals surface area (Å²) >= 11 is 1.44. The number of thiazole rings is 1. The minimum absolute atomic E-state index is 0.129. The zero-order valence-corrected chi connectivity index (χ0v) is 17.3. The topological polar surface area (TPSA) is 80.1 Å². The summed E-state index contributed by atoms with van der Waals surface area (Å²) in [5.74, 6) is 0.652. The highest BCUT2D eigenvalue weighted by Crippen LogP contribution is 2.21. The predicted octanol–water partition coefficient (Wildman–Crippen LogP) is 3.11. The Balaban J connectivity index is 1.31. The number of anilines is 1. The van der Waals surface area contributed by atoms with E-state index in [1.807, 2.05) is 17.5 Å². The molecule has 0 spiro atoms. The molecule has 7 nitrogen and oxygen atoms in total. The molecule has 0 aliphatic carbocycles. The molecule has 2 aromatic heterocycles. The maximum Gasteiger partial charge on any atom is 0.261 e. The summed E-state index contributed by atoms with van der Waals surface area (Å²) < 4.78 is 1.48. The first-order valence-electron chi connectivity index (χ1n) is 9.99.